The molecule has 1 heterocycles. The summed E-state index contributed by atoms with van der Waals surface area (Å²) in [4.78, 5) is 7.33. The van der Waals surface area contributed by atoms with Crippen LogP contribution in [0.1, 0.15) is 0 Å². The van der Waals surface area contributed by atoms with Crippen LogP contribution >= 0.6 is 11.6 Å². The molecule has 1 aromatic heterocycles. The van der Waals surface area contributed by atoms with Gasteiger partial charge in [0.15, 0.2) is 0 Å². The summed E-state index contributed by atoms with van der Waals surface area (Å²) >= 11 is 5.48. The average Bonchev–Trinajstić information content (AvgIpc) is 2.15. The van der Waals surface area contributed by atoms with Gasteiger partial charge in [-0.05, 0) is 0 Å². The van der Waals surface area contributed by atoms with Gasteiger partial charge in [-0.1, -0.05) is 11.6 Å². The van der Waals surface area contributed by atoms with Gasteiger partial charge >= 0.3 is 0 Å². The van der Waals surface area contributed by atoms with Crippen molar-refractivity contribution in [2.75, 3.05) is 18.5 Å². The molecule has 0 radical (unpaired) electrons. The number of aliphatic hydroxyl groups excluding tert-OH is 1. The number of rotatable bonds is 4. The normalized spacial score (nSPS) is 11.4. The lowest BCUT2D eigenvalue weighted by Crippen LogP contribution is -2.31. The van der Waals surface area contributed by atoms with Gasteiger partial charge in [0, 0.05) is 0 Å². The quantitative estimate of drug-likeness (QED) is 0.805. The van der Waals surface area contributed by atoms with Crippen LogP contribution in [0.3, 0.4) is 0 Å². The van der Waals surface area contributed by atoms with Gasteiger partial charge in [-0.2, -0.15) is 0 Å². The van der Waals surface area contributed by atoms with E-state index < -0.39 is 19.1 Å². The van der Waals surface area contributed by atoms with E-state index >= 15 is 0 Å². The summed E-state index contributed by atoms with van der Waals surface area (Å²) in [6.45, 7) is -1.92. The second-order valence-electron chi connectivity index (χ2n) is 2.59. The highest BCUT2D eigenvalue weighted by atomic mass is 35.5. The Hall–Kier alpha value is -1.01. The number of alkyl halides is 2. The minimum Gasteiger partial charge on any atom is -0.390 e. The van der Waals surface area contributed by atoms with Crippen LogP contribution in [0, 0.1) is 0 Å². The molecule has 0 bridgehead atoms. The number of aliphatic hydroxyl groups is 1. The molecule has 0 amide bonds. The van der Waals surface area contributed by atoms with E-state index in [2.05, 4.69) is 15.3 Å². The van der Waals surface area contributed by atoms with Crippen LogP contribution in [-0.4, -0.2) is 34.1 Å². The van der Waals surface area contributed by atoms with Crippen LogP contribution in [0.4, 0.5) is 14.6 Å². The largest absolute Gasteiger partial charge is 0.390 e. The molecule has 0 spiro atoms. The van der Waals surface area contributed by atoms with Crippen LogP contribution in [0.5, 0.6) is 0 Å². The second-order valence-corrected chi connectivity index (χ2v) is 2.98. The molecular formula is C7H8ClF2N3O. The number of nitrogens with one attached hydrogen (secondary N) is 1. The van der Waals surface area contributed by atoms with Crippen LogP contribution in [0.15, 0.2) is 12.4 Å². The molecule has 7 heteroatoms. The van der Waals surface area contributed by atoms with Crippen molar-refractivity contribution in [1.29, 1.82) is 0 Å². The molecule has 14 heavy (non-hydrogen) atoms. The van der Waals surface area contributed by atoms with E-state index in [4.69, 9.17) is 16.7 Å². The molecule has 0 aliphatic heterocycles. The highest BCUT2D eigenvalue weighted by molar-refractivity contribution is 6.29. The first-order chi connectivity index (χ1) is 6.53. The molecule has 4 nitrogen and oxygen atoms in total. The predicted molar refractivity (Wildman–Crippen MR) is 47.6 cm³/mol. The summed E-state index contributed by atoms with van der Waals surface area (Å²) in [7, 11) is 0. The van der Waals surface area contributed by atoms with E-state index in [-0.39, 0.29) is 11.0 Å². The number of hydrogen-bond donors (Lipinski definition) is 2. The fourth-order valence-electron chi connectivity index (χ4n) is 0.703. The van der Waals surface area contributed by atoms with Crippen LogP contribution < -0.4 is 5.32 Å². The summed E-state index contributed by atoms with van der Waals surface area (Å²) in [6.07, 6.45) is 2.55. The summed E-state index contributed by atoms with van der Waals surface area (Å²) in [6, 6.07) is 0. The third kappa shape index (κ3) is 3.39. The Balaban J connectivity index is 2.54. The average molecular weight is 224 g/mol. The van der Waals surface area contributed by atoms with Gasteiger partial charge in [0.25, 0.3) is 5.92 Å². The fraction of sp³-hybridized carbons (Fsp3) is 0.429. The lowest BCUT2D eigenvalue weighted by atomic mass is 10.3. The van der Waals surface area contributed by atoms with E-state index in [1.165, 1.54) is 12.4 Å². The molecule has 0 aliphatic rings. The van der Waals surface area contributed by atoms with Gasteiger partial charge < -0.3 is 10.4 Å². The molecular weight excluding hydrogens is 216 g/mol. The van der Waals surface area contributed by atoms with Crippen molar-refractivity contribution in [3.8, 4) is 0 Å². The molecule has 0 atom stereocenters. The molecule has 1 aromatic rings. The Labute approximate surface area is 83.9 Å². The van der Waals surface area contributed by atoms with Gasteiger partial charge in [0.1, 0.15) is 17.6 Å². The SMILES string of the molecule is OCC(F)(F)CNc1cncc(Cl)n1. The van der Waals surface area contributed by atoms with Gasteiger partial charge in [0.2, 0.25) is 0 Å². The maximum Gasteiger partial charge on any atom is 0.287 e. The third-order valence-electron chi connectivity index (χ3n) is 1.36. The first kappa shape index (κ1) is 11.1. The van der Waals surface area contributed by atoms with E-state index in [9.17, 15) is 8.78 Å². The molecule has 0 aliphatic carbocycles. The van der Waals surface area contributed by atoms with Crippen molar-refractivity contribution in [3.05, 3.63) is 17.5 Å². The van der Waals surface area contributed by atoms with E-state index in [0.29, 0.717) is 0 Å². The highest BCUT2D eigenvalue weighted by Gasteiger charge is 2.27. The van der Waals surface area contributed by atoms with Crippen molar-refractivity contribution >= 4 is 17.4 Å². The molecule has 0 aromatic carbocycles. The molecule has 78 valence electrons. The number of anilines is 1. The van der Waals surface area contributed by atoms with Crippen molar-refractivity contribution < 1.29 is 13.9 Å². The van der Waals surface area contributed by atoms with Gasteiger partial charge in [0.05, 0.1) is 18.9 Å². The summed E-state index contributed by atoms with van der Waals surface area (Å²) < 4.78 is 25.1. The second kappa shape index (κ2) is 4.47. The Morgan fingerprint density at radius 3 is 2.79 bits per heavy atom. The number of halogens is 3. The van der Waals surface area contributed by atoms with Crippen molar-refractivity contribution in [3.63, 3.8) is 0 Å². The summed E-state index contributed by atoms with van der Waals surface area (Å²) in [5.41, 5.74) is 0. The van der Waals surface area contributed by atoms with Crippen LogP contribution in [-0.2, 0) is 0 Å². The lowest BCUT2D eigenvalue weighted by molar-refractivity contribution is -0.0373. The fourth-order valence-corrected chi connectivity index (χ4v) is 0.851. The molecule has 0 saturated carbocycles. The maximum absolute atomic E-state index is 12.5. The Kier molecular flexibility index (Phi) is 3.54. The smallest absolute Gasteiger partial charge is 0.287 e. The number of hydrogen-bond acceptors (Lipinski definition) is 4. The van der Waals surface area contributed by atoms with Gasteiger partial charge in [-0.25, -0.2) is 13.8 Å². The topological polar surface area (TPSA) is 58.0 Å². The lowest BCUT2D eigenvalue weighted by Gasteiger charge is -2.13. The molecule has 0 fully saturated rings. The Bertz CT molecular complexity index is 311. The Morgan fingerprint density at radius 2 is 2.21 bits per heavy atom. The Morgan fingerprint density at radius 1 is 1.50 bits per heavy atom. The zero-order valence-electron chi connectivity index (χ0n) is 7.04. The first-order valence-electron chi connectivity index (χ1n) is 3.73. The first-order valence-corrected chi connectivity index (χ1v) is 4.11. The standard InChI is InChI=1S/C7H8ClF2N3O/c8-5-1-11-2-6(13-5)12-3-7(9,10)4-14/h1-2,14H,3-4H2,(H,12,13). The monoisotopic (exact) mass is 223 g/mol. The van der Waals surface area contributed by atoms with E-state index in [1.807, 2.05) is 0 Å². The zero-order chi connectivity index (χ0) is 10.6. The van der Waals surface area contributed by atoms with Crippen molar-refractivity contribution in [2.45, 2.75) is 5.92 Å². The van der Waals surface area contributed by atoms with Crippen molar-refractivity contribution in [2.24, 2.45) is 0 Å². The maximum atomic E-state index is 12.5. The van der Waals surface area contributed by atoms with E-state index in [1.54, 1.807) is 0 Å². The number of aromatic nitrogens is 2. The third-order valence-corrected chi connectivity index (χ3v) is 1.55. The molecule has 0 saturated heterocycles. The van der Waals surface area contributed by atoms with Crippen LogP contribution in [0.2, 0.25) is 5.15 Å². The van der Waals surface area contributed by atoms with Crippen molar-refractivity contribution in [1.82, 2.24) is 9.97 Å². The summed E-state index contributed by atoms with van der Waals surface area (Å²) in [5, 5.41) is 10.7. The van der Waals surface area contributed by atoms with Gasteiger partial charge in [-0.3, -0.25) is 4.98 Å². The summed E-state index contributed by atoms with van der Waals surface area (Å²) in [5.74, 6) is -3.03. The minimum atomic E-state index is -3.18. The van der Waals surface area contributed by atoms with E-state index in [0.717, 1.165) is 0 Å². The van der Waals surface area contributed by atoms with Gasteiger partial charge in [-0.15, -0.1) is 0 Å². The number of nitrogens with zero attached hydrogens (tertiary/aromatic N) is 2. The molecule has 2 N–H and O–H groups in total. The minimum absolute atomic E-state index is 0.113. The molecule has 1 rings (SSSR count). The molecule has 0 unspecified atom stereocenters. The highest BCUT2D eigenvalue weighted by Crippen LogP contribution is 2.13. The zero-order valence-corrected chi connectivity index (χ0v) is 7.80. The van der Waals surface area contributed by atoms with Crippen LogP contribution in [0.25, 0.3) is 0 Å². The predicted octanol–water partition coefficient (Wildman–Crippen LogP) is 1.17.